The summed E-state index contributed by atoms with van der Waals surface area (Å²) in [7, 11) is 4.08. The zero-order valence-electron chi connectivity index (χ0n) is 19.0. The molecule has 0 spiro atoms. The van der Waals surface area contributed by atoms with E-state index >= 15 is 0 Å². The van der Waals surface area contributed by atoms with Crippen LogP contribution >= 0.6 is 0 Å². The maximum Gasteiger partial charge on any atom is 0.315 e. The van der Waals surface area contributed by atoms with Crippen molar-refractivity contribution in [3.05, 3.63) is 46.9 Å². The largest absolute Gasteiger partial charge is 0.362 e. The van der Waals surface area contributed by atoms with Crippen molar-refractivity contribution < 1.29 is 9.18 Å². The molecule has 1 heterocycles. The Morgan fingerprint density at radius 3 is 2.44 bits per heavy atom. The Balaban J connectivity index is 1.25. The zero-order chi connectivity index (χ0) is 22.5. The van der Waals surface area contributed by atoms with Crippen LogP contribution in [0.5, 0.6) is 0 Å². The van der Waals surface area contributed by atoms with E-state index in [4.69, 9.17) is 9.97 Å². The summed E-state index contributed by atoms with van der Waals surface area (Å²) in [5, 5.41) is 9.45. The minimum atomic E-state index is -0.276. The minimum absolute atomic E-state index is 0.156. The van der Waals surface area contributed by atoms with Crippen molar-refractivity contribution in [1.82, 2.24) is 20.6 Å². The summed E-state index contributed by atoms with van der Waals surface area (Å²) >= 11 is 0. The molecule has 1 aromatic heterocycles. The SMILES string of the molecule is CN(C)c1nc(NC2CCC(NC(=O)NCc3ccc(F)cc3)CC2)nc2c1CCCC2. The van der Waals surface area contributed by atoms with Crippen LogP contribution < -0.4 is 20.9 Å². The van der Waals surface area contributed by atoms with Crippen LogP contribution in [0.2, 0.25) is 0 Å². The highest BCUT2D eigenvalue weighted by molar-refractivity contribution is 5.74. The first-order valence-electron chi connectivity index (χ1n) is 11.6. The Kier molecular flexibility index (Phi) is 7.07. The van der Waals surface area contributed by atoms with Crippen molar-refractivity contribution in [3.63, 3.8) is 0 Å². The van der Waals surface area contributed by atoms with Gasteiger partial charge in [0.15, 0.2) is 0 Å². The monoisotopic (exact) mass is 440 g/mol. The average molecular weight is 441 g/mol. The van der Waals surface area contributed by atoms with Gasteiger partial charge in [0.2, 0.25) is 5.95 Å². The van der Waals surface area contributed by atoms with Gasteiger partial charge in [0.1, 0.15) is 11.6 Å². The molecule has 0 saturated heterocycles. The van der Waals surface area contributed by atoms with Crippen LogP contribution in [0.3, 0.4) is 0 Å². The number of rotatable bonds is 6. The number of nitrogens with zero attached hydrogens (tertiary/aromatic N) is 3. The van der Waals surface area contributed by atoms with Crippen molar-refractivity contribution >= 4 is 17.8 Å². The van der Waals surface area contributed by atoms with Gasteiger partial charge >= 0.3 is 6.03 Å². The van der Waals surface area contributed by atoms with Crippen LogP contribution in [0.1, 0.15) is 55.3 Å². The van der Waals surface area contributed by atoms with Crippen LogP contribution in [0.25, 0.3) is 0 Å². The molecule has 0 bridgehead atoms. The summed E-state index contributed by atoms with van der Waals surface area (Å²) < 4.78 is 13.0. The molecule has 7 nitrogen and oxygen atoms in total. The van der Waals surface area contributed by atoms with E-state index in [1.165, 1.54) is 36.2 Å². The third-order valence-corrected chi connectivity index (χ3v) is 6.35. The van der Waals surface area contributed by atoms with E-state index in [0.29, 0.717) is 12.6 Å². The Labute approximate surface area is 189 Å². The summed E-state index contributed by atoms with van der Waals surface area (Å²) in [5.41, 5.74) is 3.36. The van der Waals surface area contributed by atoms with E-state index in [2.05, 4.69) is 20.9 Å². The second kappa shape index (κ2) is 10.1. The quantitative estimate of drug-likeness (QED) is 0.637. The number of halogens is 1. The van der Waals surface area contributed by atoms with Gasteiger partial charge in [-0.05, 0) is 69.1 Å². The number of carbonyl (C=O) groups is 1. The topological polar surface area (TPSA) is 82.2 Å². The fraction of sp³-hybridized carbons (Fsp3) is 0.542. The van der Waals surface area contributed by atoms with E-state index in [1.807, 2.05) is 14.1 Å². The molecule has 3 N–H and O–H groups in total. The van der Waals surface area contributed by atoms with Crippen LogP contribution in [0.15, 0.2) is 24.3 Å². The van der Waals surface area contributed by atoms with Gasteiger partial charge in [-0.3, -0.25) is 0 Å². The molecule has 0 aliphatic heterocycles. The zero-order valence-corrected chi connectivity index (χ0v) is 19.0. The van der Waals surface area contributed by atoms with Crippen LogP contribution in [0, 0.1) is 5.82 Å². The highest BCUT2D eigenvalue weighted by atomic mass is 19.1. The Hall–Kier alpha value is -2.90. The second-order valence-corrected chi connectivity index (χ2v) is 9.04. The molecule has 0 atom stereocenters. The number of hydrogen-bond donors (Lipinski definition) is 3. The van der Waals surface area contributed by atoms with Crippen molar-refractivity contribution in [2.75, 3.05) is 24.3 Å². The summed E-state index contributed by atoms with van der Waals surface area (Å²) in [5.74, 6) is 1.48. The number of anilines is 2. The Morgan fingerprint density at radius 1 is 1.03 bits per heavy atom. The lowest BCUT2D eigenvalue weighted by molar-refractivity contribution is 0.231. The lowest BCUT2D eigenvalue weighted by Crippen LogP contribution is -2.44. The smallest absolute Gasteiger partial charge is 0.315 e. The number of amides is 2. The van der Waals surface area contributed by atoms with E-state index in [0.717, 1.165) is 55.9 Å². The van der Waals surface area contributed by atoms with Crippen molar-refractivity contribution in [1.29, 1.82) is 0 Å². The van der Waals surface area contributed by atoms with Crippen LogP contribution in [-0.4, -0.2) is 42.2 Å². The van der Waals surface area contributed by atoms with Gasteiger partial charge in [0.05, 0.1) is 5.69 Å². The first kappa shape index (κ1) is 22.3. The standard InChI is InChI=1S/C24H33FN6O/c1-31(2)22-20-5-3-4-6-21(20)29-23(30-22)27-18-11-13-19(14-12-18)28-24(32)26-15-16-7-9-17(25)10-8-16/h7-10,18-19H,3-6,11-15H2,1-2H3,(H2,26,28,32)(H,27,29,30). The highest BCUT2D eigenvalue weighted by Crippen LogP contribution is 2.29. The van der Waals surface area contributed by atoms with Crippen LogP contribution in [-0.2, 0) is 19.4 Å². The van der Waals surface area contributed by atoms with Gasteiger partial charge in [-0.25, -0.2) is 14.2 Å². The number of urea groups is 1. The molecule has 8 heteroatoms. The molecule has 4 rings (SSSR count). The maximum atomic E-state index is 13.0. The average Bonchev–Trinajstić information content (AvgIpc) is 2.79. The number of benzene rings is 1. The van der Waals surface area contributed by atoms with E-state index in [1.54, 1.807) is 12.1 Å². The van der Waals surface area contributed by atoms with Gasteiger partial charge in [0, 0.05) is 38.3 Å². The second-order valence-electron chi connectivity index (χ2n) is 9.04. The van der Waals surface area contributed by atoms with Gasteiger partial charge < -0.3 is 20.9 Å². The lowest BCUT2D eigenvalue weighted by atomic mass is 9.91. The predicted molar refractivity (Wildman–Crippen MR) is 124 cm³/mol. The molecule has 2 amide bonds. The molecule has 32 heavy (non-hydrogen) atoms. The molecular weight excluding hydrogens is 407 g/mol. The molecule has 0 unspecified atom stereocenters. The number of hydrogen-bond acceptors (Lipinski definition) is 5. The third kappa shape index (κ3) is 5.66. The number of aromatic nitrogens is 2. The normalized spacial score (nSPS) is 20.2. The number of nitrogens with one attached hydrogen (secondary N) is 3. The van der Waals surface area contributed by atoms with Crippen molar-refractivity contribution in [2.45, 2.75) is 70.0 Å². The lowest BCUT2D eigenvalue weighted by Gasteiger charge is -2.30. The Morgan fingerprint density at radius 2 is 1.72 bits per heavy atom. The molecule has 1 saturated carbocycles. The molecule has 172 valence electrons. The summed E-state index contributed by atoms with van der Waals surface area (Å²) in [4.78, 5) is 23.9. The van der Waals surface area contributed by atoms with Crippen molar-refractivity contribution in [2.24, 2.45) is 0 Å². The highest BCUT2D eigenvalue weighted by Gasteiger charge is 2.24. The Bertz CT molecular complexity index is 925. The third-order valence-electron chi connectivity index (χ3n) is 6.35. The minimum Gasteiger partial charge on any atom is -0.362 e. The predicted octanol–water partition coefficient (Wildman–Crippen LogP) is 3.78. The van der Waals surface area contributed by atoms with E-state index < -0.39 is 0 Å². The van der Waals surface area contributed by atoms with Crippen molar-refractivity contribution in [3.8, 4) is 0 Å². The summed E-state index contributed by atoms with van der Waals surface area (Å²) in [6.07, 6.45) is 8.22. The molecule has 2 aliphatic carbocycles. The first-order valence-corrected chi connectivity index (χ1v) is 11.6. The van der Waals surface area contributed by atoms with Gasteiger partial charge in [-0.15, -0.1) is 0 Å². The van der Waals surface area contributed by atoms with E-state index in [-0.39, 0.29) is 17.9 Å². The molecular formula is C24H33FN6O. The van der Waals surface area contributed by atoms with Gasteiger partial charge in [-0.1, -0.05) is 12.1 Å². The first-order chi connectivity index (χ1) is 15.5. The maximum absolute atomic E-state index is 13.0. The van der Waals surface area contributed by atoms with Gasteiger partial charge in [0.25, 0.3) is 0 Å². The van der Waals surface area contributed by atoms with Crippen LogP contribution in [0.4, 0.5) is 21.0 Å². The number of aryl methyl sites for hydroxylation is 1. The summed E-state index contributed by atoms with van der Waals surface area (Å²) in [6.45, 7) is 0.382. The molecule has 1 fully saturated rings. The fourth-order valence-electron chi connectivity index (χ4n) is 4.59. The number of fused-ring (bicyclic) bond motifs is 1. The van der Waals surface area contributed by atoms with Gasteiger partial charge in [-0.2, -0.15) is 4.98 Å². The molecule has 2 aliphatic rings. The molecule has 2 aromatic rings. The molecule has 0 radical (unpaired) electrons. The van der Waals surface area contributed by atoms with E-state index in [9.17, 15) is 9.18 Å². The number of carbonyl (C=O) groups excluding carboxylic acids is 1. The molecule has 1 aromatic carbocycles. The fourth-order valence-corrected chi connectivity index (χ4v) is 4.59. The summed E-state index contributed by atoms with van der Waals surface area (Å²) in [6, 6.07) is 6.44.